The molecule has 1 saturated heterocycles. The molecule has 0 N–H and O–H groups in total. The van der Waals surface area contributed by atoms with Gasteiger partial charge in [-0.2, -0.15) is 0 Å². The van der Waals surface area contributed by atoms with Crippen LogP contribution in [0.4, 0.5) is 0 Å². The van der Waals surface area contributed by atoms with Crippen molar-refractivity contribution in [3.05, 3.63) is 0 Å². The summed E-state index contributed by atoms with van der Waals surface area (Å²) in [7, 11) is 0. The predicted octanol–water partition coefficient (Wildman–Crippen LogP) is 2.70. The fourth-order valence-electron chi connectivity index (χ4n) is 1.67. The monoisotopic (exact) mass is 424 g/mol. The van der Waals surface area contributed by atoms with Gasteiger partial charge in [0, 0.05) is 22.6 Å². The molecular weight excluding hydrogens is 404 g/mol. The van der Waals surface area contributed by atoms with Gasteiger partial charge in [0.2, 0.25) is 0 Å². The molecule has 0 aromatic rings. The summed E-state index contributed by atoms with van der Waals surface area (Å²) in [6, 6.07) is 0. The minimum atomic E-state index is 0.375. The first kappa shape index (κ1) is 22.3. The van der Waals surface area contributed by atoms with Gasteiger partial charge in [0.05, 0.1) is 67.4 Å². The Balaban J connectivity index is 2.55. The maximum Gasteiger partial charge on any atom is 0.0760 e. The van der Waals surface area contributed by atoms with E-state index in [9.17, 15) is 0 Å². The molecule has 4 nitrogen and oxygen atoms in total. The van der Waals surface area contributed by atoms with Crippen molar-refractivity contribution in [3.63, 3.8) is 0 Å². The van der Waals surface area contributed by atoms with Gasteiger partial charge in [-0.1, -0.05) is 61.1 Å². The molecule has 0 aliphatic carbocycles. The minimum Gasteiger partial charge on any atom is -0.379 e. The van der Waals surface area contributed by atoms with E-state index < -0.39 is 0 Å². The van der Waals surface area contributed by atoms with E-state index in [4.69, 9.17) is 80.0 Å². The van der Waals surface area contributed by atoms with Crippen LogP contribution >= 0.6 is 61.1 Å². The molecule has 0 spiro atoms. The highest BCUT2D eigenvalue weighted by Crippen LogP contribution is 2.03. The van der Waals surface area contributed by atoms with Gasteiger partial charge in [-0.25, -0.2) is 0 Å². The average Bonchev–Trinajstić information content (AvgIpc) is 2.58. The van der Waals surface area contributed by atoms with Crippen LogP contribution in [0.25, 0.3) is 0 Å². The Morgan fingerprint density at radius 1 is 0.417 bits per heavy atom. The minimum absolute atomic E-state index is 0.375. The number of ether oxygens (including phenoxy) is 4. The van der Waals surface area contributed by atoms with Crippen molar-refractivity contribution >= 4 is 85.4 Å². The Hall–Kier alpha value is 0.290. The van der Waals surface area contributed by atoms with E-state index in [0.29, 0.717) is 90.0 Å². The van der Waals surface area contributed by atoms with Crippen LogP contribution in [-0.4, -0.2) is 77.2 Å². The third-order valence-electron chi connectivity index (χ3n) is 2.98. The molecule has 1 rings (SSSR count). The molecule has 0 unspecified atom stereocenters. The maximum absolute atomic E-state index is 5.47. The van der Waals surface area contributed by atoms with Crippen molar-refractivity contribution in [2.45, 2.75) is 12.8 Å². The summed E-state index contributed by atoms with van der Waals surface area (Å²) in [5.74, 6) is 0. The first-order chi connectivity index (χ1) is 11.5. The molecule has 0 radical (unpaired) electrons. The van der Waals surface area contributed by atoms with Gasteiger partial charge in [-0.15, -0.1) is 0 Å². The summed E-state index contributed by atoms with van der Waals surface area (Å²) < 4.78 is 21.7. The lowest BCUT2D eigenvalue weighted by molar-refractivity contribution is -0.000275. The van der Waals surface area contributed by atoms with Crippen molar-refractivity contribution in [2.24, 2.45) is 0 Å². The lowest BCUT2D eigenvalue weighted by Crippen LogP contribution is -2.30. The molecule has 0 bridgehead atoms. The highest BCUT2D eigenvalue weighted by molar-refractivity contribution is 8.01. The summed E-state index contributed by atoms with van der Waals surface area (Å²) in [6.45, 7) is 3.98. The topological polar surface area (TPSA) is 36.9 Å². The van der Waals surface area contributed by atoms with Crippen LogP contribution in [0, 0.1) is 0 Å². The average molecular weight is 425 g/mol. The Kier molecular flexibility index (Phi) is 12.6. The van der Waals surface area contributed by atoms with Crippen LogP contribution in [0.2, 0.25) is 0 Å². The van der Waals surface area contributed by atoms with E-state index in [0.717, 1.165) is 0 Å². The second-order valence-corrected chi connectivity index (χ2v) is 6.99. The van der Waals surface area contributed by atoms with Crippen LogP contribution in [-0.2, 0) is 18.9 Å². The zero-order chi connectivity index (χ0) is 17.8. The SMILES string of the molecule is S=C1CCOCCOCCOCCOCCC(=S)C(=S)C(=S)C1=S. The molecule has 1 fully saturated rings. The smallest absolute Gasteiger partial charge is 0.0760 e. The molecule has 0 atom stereocenters. The van der Waals surface area contributed by atoms with Gasteiger partial charge < -0.3 is 18.9 Å². The quantitative estimate of drug-likeness (QED) is 0.546. The Morgan fingerprint density at radius 3 is 1.04 bits per heavy atom. The molecule has 134 valence electrons. The van der Waals surface area contributed by atoms with Crippen molar-refractivity contribution < 1.29 is 18.9 Å². The summed E-state index contributed by atoms with van der Waals surface area (Å²) in [6.07, 6.45) is 1.05. The molecule has 1 aliphatic heterocycles. The summed E-state index contributed by atoms with van der Waals surface area (Å²) in [5.41, 5.74) is 0. The maximum atomic E-state index is 5.47. The van der Waals surface area contributed by atoms with Gasteiger partial charge in [0.25, 0.3) is 0 Å². The lowest BCUT2D eigenvalue weighted by atomic mass is 10.1. The molecule has 0 saturated carbocycles. The number of hydrogen-bond acceptors (Lipinski definition) is 9. The first-order valence-corrected chi connectivity index (χ1v) is 9.58. The predicted molar refractivity (Wildman–Crippen MR) is 116 cm³/mol. The van der Waals surface area contributed by atoms with Crippen LogP contribution in [0.5, 0.6) is 0 Å². The van der Waals surface area contributed by atoms with Crippen LogP contribution < -0.4 is 0 Å². The highest BCUT2D eigenvalue weighted by Gasteiger charge is 2.18. The fourth-order valence-corrected chi connectivity index (χ4v) is 2.89. The van der Waals surface area contributed by atoms with Crippen molar-refractivity contribution in [3.8, 4) is 0 Å². The molecule has 1 heterocycles. The standard InChI is InChI=1S/C15H20O4S5/c20-11-1-3-16-5-7-18-9-10-19-8-6-17-4-2-12(21)14(23)15(24)13(11)22/h1-10H2. The van der Waals surface area contributed by atoms with Crippen LogP contribution in [0.15, 0.2) is 0 Å². The first-order valence-electron chi connectivity index (χ1n) is 7.54. The molecule has 9 heteroatoms. The molecule has 1 aliphatic rings. The van der Waals surface area contributed by atoms with E-state index >= 15 is 0 Å². The van der Waals surface area contributed by atoms with Gasteiger partial charge in [-0.05, 0) is 0 Å². The van der Waals surface area contributed by atoms with Gasteiger partial charge in [0.1, 0.15) is 0 Å². The zero-order valence-electron chi connectivity index (χ0n) is 13.2. The second-order valence-electron chi connectivity index (χ2n) is 4.78. The van der Waals surface area contributed by atoms with Crippen LogP contribution in [0.1, 0.15) is 12.8 Å². The largest absolute Gasteiger partial charge is 0.379 e. The molecule has 24 heavy (non-hydrogen) atoms. The normalized spacial score (nSPS) is 21.9. The molecule has 0 amide bonds. The Bertz CT molecular complexity index is 450. The van der Waals surface area contributed by atoms with Gasteiger partial charge >= 0.3 is 0 Å². The van der Waals surface area contributed by atoms with Gasteiger partial charge in [0.15, 0.2) is 0 Å². The van der Waals surface area contributed by atoms with Gasteiger partial charge in [-0.3, -0.25) is 0 Å². The second kappa shape index (κ2) is 13.5. The van der Waals surface area contributed by atoms with Crippen molar-refractivity contribution in [1.29, 1.82) is 0 Å². The highest BCUT2D eigenvalue weighted by atomic mass is 32.1. The number of rotatable bonds is 0. The Labute approximate surface area is 169 Å². The number of thiocarbonyl (C=S) groups is 5. The fraction of sp³-hybridized carbons (Fsp3) is 0.667. The molecular formula is C15H20O4S5. The van der Waals surface area contributed by atoms with E-state index in [2.05, 4.69) is 0 Å². The number of hydrogen-bond donors (Lipinski definition) is 0. The molecule has 0 aromatic heterocycles. The zero-order valence-corrected chi connectivity index (χ0v) is 17.3. The third-order valence-corrected chi connectivity index (χ3v) is 5.62. The van der Waals surface area contributed by atoms with Crippen molar-refractivity contribution in [2.75, 3.05) is 52.9 Å². The summed E-state index contributed by atoms with van der Waals surface area (Å²) >= 11 is 26.6. The Morgan fingerprint density at radius 2 is 0.708 bits per heavy atom. The summed E-state index contributed by atoms with van der Waals surface area (Å²) in [5, 5.41) is 0. The van der Waals surface area contributed by atoms with E-state index in [1.165, 1.54) is 0 Å². The summed E-state index contributed by atoms with van der Waals surface area (Å²) in [4.78, 5) is 2.35. The third kappa shape index (κ3) is 9.12. The van der Waals surface area contributed by atoms with Crippen LogP contribution in [0.3, 0.4) is 0 Å². The van der Waals surface area contributed by atoms with E-state index in [1.54, 1.807) is 0 Å². The lowest BCUT2D eigenvalue weighted by Gasteiger charge is -2.10. The van der Waals surface area contributed by atoms with Crippen molar-refractivity contribution in [1.82, 2.24) is 0 Å². The van der Waals surface area contributed by atoms with E-state index in [-0.39, 0.29) is 0 Å². The van der Waals surface area contributed by atoms with E-state index in [1.807, 2.05) is 0 Å². The molecule has 0 aromatic carbocycles.